The second-order valence-electron chi connectivity index (χ2n) is 3.14. The monoisotopic (exact) mass is 166 g/mol. The van der Waals surface area contributed by atoms with Gasteiger partial charge in [0.2, 0.25) is 11.6 Å². The van der Waals surface area contributed by atoms with Crippen LogP contribution in [0.25, 0.3) is 0 Å². The van der Waals surface area contributed by atoms with Crippen LogP contribution in [0.3, 0.4) is 0 Å². The molecule has 0 spiro atoms. The Morgan fingerprint density at radius 3 is 2.58 bits per heavy atom. The maximum atomic E-state index is 11.0. The van der Waals surface area contributed by atoms with Gasteiger partial charge >= 0.3 is 0 Å². The molecule has 66 valence electrons. The number of carbonyl (C=O) groups excluding carboxylic acids is 2. The van der Waals surface area contributed by atoms with Gasteiger partial charge in [-0.1, -0.05) is 18.9 Å². The Morgan fingerprint density at radius 1 is 1.00 bits per heavy atom. The standard InChI is InChI=1S/C10H14O2/c11-9-7-5-3-1-2-4-6-8-10(9)12/h5,7H,1-4,6,8H2. The quantitative estimate of drug-likeness (QED) is 0.516. The SMILES string of the molecule is O=C1C=CCCCCCCC1=O. The van der Waals surface area contributed by atoms with E-state index in [1.54, 1.807) is 0 Å². The molecule has 0 saturated carbocycles. The number of carbonyl (C=O) groups is 2. The van der Waals surface area contributed by atoms with Crippen molar-refractivity contribution in [1.29, 1.82) is 0 Å². The fourth-order valence-electron chi connectivity index (χ4n) is 1.31. The Labute approximate surface area is 72.7 Å². The van der Waals surface area contributed by atoms with Crippen LogP contribution in [0, 0.1) is 0 Å². The highest BCUT2D eigenvalue weighted by Gasteiger charge is 2.09. The molecule has 0 aromatic carbocycles. The summed E-state index contributed by atoms with van der Waals surface area (Å²) in [7, 11) is 0. The Morgan fingerprint density at radius 2 is 1.75 bits per heavy atom. The first-order valence-corrected chi connectivity index (χ1v) is 4.54. The molecule has 0 fully saturated rings. The third-order valence-electron chi connectivity index (χ3n) is 2.07. The van der Waals surface area contributed by atoms with Crippen LogP contribution >= 0.6 is 0 Å². The van der Waals surface area contributed by atoms with E-state index in [9.17, 15) is 9.59 Å². The summed E-state index contributed by atoms with van der Waals surface area (Å²) in [5.41, 5.74) is 0. The van der Waals surface area contributed by atoms with Gasteiger partial charge in [0.1, 0.15) is 0 Å². The summed E-state index contributed by atoms with van der Waals surface area (Å²) in [6.45, 7) is 0. The van der Waals surface area contributed by atoms with Gasteiger partial charge in [0.25, 0.3) is 0 Å². The molecule has 0 N–H and O–H groups in total. The lowest BCUT2D eigenvalue weighted by Gasteiger charge is -2.00. The zero-order valence-electron chi connectivity index (χ0n) is 7.21. The van der Waals surface area contributed by atoms with Crippen LogP contribution in [0.15, 0.2) is 12.2 Å². The van der Waals surface area contributed by atoms with E-state index >= 15 is 0 Å². The van der Waals surface area contributed by atoms with Crippen LogP contribution in [0.4, 0.5) is 0 Å². The van der Waals surface area contributed by atoms with Gasteiger partial charge in [-0.25, -0.2) is 0 Å². The molecule has 0 aliphatic heterocycles. The summed E-state index contributed by atoms with van der Waals surface area (Å²) in [5.74, 6) is -0.551. The summed E-state index contributed by atoms with van der Waals surface area (Å²) >= 11 is 0. The molecule has 0 atom stereocenters. The third-order valence-corrected chi connectivity index (χ3v) is 2.07. The molecule has 1 aliphatic rings. The summed E-state index contributed by atoms with van der Waals surface area (Å²) < 4.78 is 0. The molecule has 0 heterocycles. The minimum Gasteiger partial charge on any atom is -0.291 e. The largest absolute Gasteiger partial charge is 0.291 e. The normalized spacial score (nSPS) is 21.0. The van der Waals surface area contributed by atoms with Gasteiger partial charge in [-0.2, -0.15) is 0 Å². The summed E-state index contributed by atoms with van der Waals surface area (Å²) in [6, 6.07) is 0. The van der Waals surface area contributed by atoms with Crippen molar-refractivity contribution >= 4 is 11.6 Å². The third kappa shape index (κ3) is 2.99. The van der Waals surface area contributed by atoms with Crippen molar-refractivity contribution in [3.63, 3.8) is 0 Å². The van der Waals surface area contributed by atoms with Crippen LogP contribution in [-0.2, 0) is 9.59 Å². The molecule has 2 nitrogen and oxygen atoms in total. The molecule has 0 saturated heterocycles. The molecule has 2 heteroatoms. The smallest absolute Gasteiger partial charge is 0.221 e. The highest BCUT2D eigenvalue weighted by Crippen LogP contribution is 2.08. The zero-order valence-corrected chi connectivity index (χ0v) is 7.21. The van der Waals surface area contributed by atoms with Crippen LogP contribution in [0.2, 0.25) is 0 Å². The molecule has 0 bridgehead atoms. The maximum Gasteiger partial charge on any atom is 0.221 e. The predicted molar refractivity (Wildman–Crippen MR) is 46.9 cm³/mol. The highest BCUT2D eigenvalue weighted by atomic mass is 16.2. The number of rotatable bonds is 0. The second kappa shape index (κ2) is 4.86. The summed E-state index contributed by atoms with van der Waals surface area (Å²) in [5, 5.41) is 0. The first-order chi connectivity index (χ1) is 5.80. The number of hydrogen-bond acceptors (Lipinski definition) is 2. The Balaban J connectivity index is 2.51. The Bertz CT molecular complexity index is 204. The van der Waals surface area contributed by atoms with Crippen LogP contribution < -0.4 is 0 Å². The molecule has 0 radical (unpaired) electrons. The molecular formula is C10H14O2. The van der Waals surface area contributed by atoms with E-state index in [-0.39, 0.29) is 11.6 Å². The zero-order chi connectivity index (χ0) is 8.81. The molecule has 0 aromatic heterocycles. The van der Waals surface area contributed by atoms with Gasteiger partial charge in [0.05, 0.1) is 0 Å². The van der Waals surface area contributed by atoms with Gasteiger partial charge in [-0.05, 0) is 25.3 Å². The lowest BCUT2D eigenvalue weighted by Crippen LogP contribution is -2.10. The van der Waals surface area contributed by atoms with Gasteiger partial charge in [-0.15, -0.1) is 0 Å². The number of allylic oxidation sites excluding steroid dienone is 2. The fraction of sp³-hybridized carbons (Fsp3) is 0.600. The number of ketones is 2. The van der Waals surface area contributed by atoms with Crippen LogP contribution in [-0.4, -0.2) is 11.6 Å². The van der Waals surface area contributed by atoms with Crippen molar-refractivity contribution in [1.82, 2.24) is 0 Å². The van der Waals surface area contributed by atoms with Crippen molar-refractivity contribution in [2.45, 2.75) is 38.5 Å². The Hall–Kier alpha value is -0.920. The van der Waals surface area contributed by atoms with E-state index in [4.69, 9.17) is 0 Å². The average Bonchev–Trinajstić information content (AvgIpc) is 2.08. The predicted octanol–water partition coefficient (Wildman–Crippen LogP) is 2.04. The van der Waals surface area contributed by atoms with Crippen molar-refractivity contribution < 1.29 is 9.59 Å². The van der Waals surface area contributed by atoms with Gasteiger partial charge in [0.15, 0.2) is 0 Å². The fourth-order valence-corrected chi connectivity index (χ4v) is 1.31. The topological polar surface area (TPSA) is 34.1 Å². The van der Waals surface area contributed by atoms with E-state index < -0.39 is 0 Å². The average molecular weight is 166 g/mol. The van der Waals surface area contributed by atoms with Crippen molar-refractivity contribution in [2.24, 2.45) is 0 Å². The summed E-state index contributed by atoms with van der Waals surface area (Å²) in [6.07, 6.45) is 8.86. The molecule has 0 aromatic rings. The minimum atomic E-state index is -0.322. The van der Waals surface area contributed by atoms with E-state index in [1.807, 2.05) is 6.08 Å². The van der Waals surface area contributed by atoms with E-state index in [1.165, 1.54) is 12.5 Å². The highest BCUT2D eigenvalue weighted by molar-refractivity contribution is 6.41. The summed E-state index contributed by atoms with van der Waals surface area (Å²) in [4.78, 5) is 22.0. The van der Waals surface area contributed by atoms with Crippen molar-refractivity contribution in [2.75, 3.05) is 0 Å². The second-order valence-corrected chi connectivity index (χ2v) is 3.14. The van der Waals surface area contributed by atoms with E-state index in [0.29, 0.717) is 6.42 Å². The van der Waals surface area contributed by atoms with Gasteiger partial charge in [-0.3, -0.25) is 9.59 Å². The van der Waals surface area contributed by atoms with Crippen LogP contribution in [0.1, 0.15) is 38.5 Å². The molecular weight excluding hydrogens is 152 g/mol. The molecule has 1 aliphatic carbocycles. The molecule has 12 heavy (non-hydrogen) atoms. The van der Waals surface area contributed by atoms with Crippen molar-refractivity contribution in [3.8, 4) is 0 Å². The first-order valence-electron chi connectivity index (χ1n) is 4.54. The van der Waals surface area contributed by atoms with E-state index in [2.05, 4.69) is 0 Å². The first kappa shape index (κ1) is 9.17. The lowest BCUT2D eigenvalue weighted by molar-refractivity contribution is -0.133. The minimum absolute atomic E-state index is 0.229. The van der Waals surface area contributed by atoms with Gasteiger partial charge < -0.3 is 0 Å². The Kier molecular flexibility index (Phi) is 3.71. The van der Waals surface area contributed by atoms with E-state index in [0.717, 1.165) is 25.7 Å². The van der Waals surface area contributed by atoms with Crippen LogP contribution in [0.5, 0.6) is 0 Å². The molecule has 1 rings (SSSR count). The number of Topliss-reactive ketones (excluding diaryl/α,β-unsaturated/α-hetero) is 1. The lowest BCUT2D eigenvalue weighted by atomic mass is 10.0. The maximum absolute atomic E-state index is 11.0. The number of hydrogen-bond donors (Lipinski definition) is 0. The molecule has 0 unspecified atom stereocenters. The van der Waals surface area contributed by atoms with Crippen molar-refractivity contribution in [3.05, 3.63) is 12.2 Å². The van der Waals surface area contributed by atoms with Gasteiger partial charge in [0, 0.05) is 6.42 Å². The molecule has 0 amide bonds.